The van der Waals surface area contributed by atoms with Crippen LogP contribution in [-0.2, 0) is 11.5 Å². The summed E-state index contributed by atoms with van der Waals surface area (Å²) in [5, 5.41) is 26.2. The molecule has 3 rings (SSSR count). The van der Waals surface area contributed by atoms with Gasteiger partial charge in [-0.25, -0.2) is 0 Å². The van der Waals surface area contributed by atoms with Crippen LogP contribution in [0.4, 0.5) is 0 Å². The fraction of sp³-hybridized carbons (Fsp3) is 0.714. The lowest BCUT2D eigenvalue weighted by atomic mass is 10.00. The van der Waals surface area contributed by atoms with Crippen LogP contribution < -0.4 is 10.4 Å². The molecule has 1 fully saturated rings. The number of rotatable bonds is 14. The van der Waals surface area contributed by atoms with Gasteiger partial charge in [0.15, 0.2) is 0 Å². The molecule has 2 N–H and O–H groups in total. The molecule has 0 aliphatic heterocycles. The molecule has 2 nitrogen and oxygen atoms in total. The molecule has 0 spiro atoms. The number of thioether (sulfide) groups is 2. The molecule has 48 heavy (non-hydrogen) atoms. The van der Waals surface area contributed by atoms with Crippen molar-refractivity contribution in [3.63, 3.8) is 0 Å². The molecule has 1 aliphatic carbocycles. The lowest BCUT2D eigenvalue weighted by Gasteiger charge is -2.45. The lowest BCUT2D eigenvalue weighted by Crippen LogP contribution is -2.57. The highest BCUT2D eigenvalue weighted by molar-refractivity contribution is 8.17. The van der Waals surface area contributed by atoms with Crippen molar-refractivity contribution in [2.75, 3.05) is 0 Å². The minimum atomic E-state index is -2.08. The Bertz CT molecular complexity index is 1200. The molecule has 0 aromatic heterocycles. The van der Waals surface area contributed by atoms with E-state index >= 15 is 0 Å². The van der Waals surface area contributed by atoms with Gasteiger partial charge in [-0.15, -0.1) is 23.5 Å². The Morgan fingerprint density at radius 2 is 0.812 bits per heavy atom. The molecule has 0 heterocycles. The summed E-state index contributed by atoms with van der Waals surface area (Å²) >= 11 is 4.37. The molecule has 0 atom stereocenters. The summed E-state index contributed by atoms with van der Waals surface area (Å²) in [5.74, 6) is 3.00. The summed E-state index contributed by atoms with van der Waals surface area (Å²) in [6.45, 7) is 33.3. The molecule has 0 unspecified atom stereocenters. The zero-order chi connectivity index (χ0) is 36.2. The van der Waals surface area contributed by atoms with E-state index in [9.17, 15) is 10.2 Å². The summed E-state index contributed by atoms with van der Waals surface area (Å²) in [4.78, 5) is 0. The summed E-state index contributed by atoms with van der Waals surface area (Å²) in [5.41, 5.74) is 8.37. The van der Waals surface area contributed by atoms with Crippen molar-refractivity contribution in [2.24, 2.45) is 0 Å². The molecule has 0 radical (unpaired) electrons. The van der Waals surface area contributed by atoms with Crippen LogP contribution in [0.2, 0.25) is 33.2 Å². The molecule has 6 heteroatoms. The lowest BCUT2D eigenvalue weighted by molar-refractivity contribution is 0.477. The Morgan fingerprint density at radius 3 is 1.10 bits per heavy atom. The quantitative estimate of drug-likeness (QED) is 0.150. The summed E-state index contributed by atoms with van der Waals surface area (Å²) < 4.78 is 0.114. The highest BCUT2D eigenvalue weighted by Crippen LogP contribution is 2.52. The predicted octanol–water partition coefficient (Wildman–Crippen LogP) is 13.1. The van der Waals surface area contributed by atoms with Crippen molar-refractivity contribution in [1.82, 2.24) is 0 Å². The van der Waals surface area contributed by atoms with Crippen molar-refractivity contribution in [2.45, 2.75) is 191 Å². The van der Waals surface area contributed by atoms with Gasteiger partial charge in [0.1, 0.15) is 11.5 Å². The highest BCUT2D eigenvalue weighted by Gasteiger charge is 2.49. The number of hydrogen-bond donors (Lipinski definition) is 2. The first kappa shape index (κ1) is 41.6. The molecule has 2 aromatic rings. The van der Waals surface area contributed by atoms with Gasteiger partial charge >= 0.3 is 0 Å². The fourth-order valence-electron chi connectivity index (χ4n) is 10.8. The van der Waals surface area contributed by atoms with Gasteiger partial charge in [-0.2, -0.15) is 0 Å². The number of hydrogen-bond acceptors (Lipinski definition) is 4. The molecule has 2 aromatic carbocycles. The van der Waals surface area contributed by atoms with Gasteiger partial charge in [-0.3, -0.25) is 0 Å². The smallest absolute Gasteiger partial charge is 0.115 e. The van der Waals surface area contributed by atoms with E-state index in [1.165, 1.54) is 77.6 Å². The zero-order valence-corrected chi connectivity index (χ0v) is 37.0. The van der Waals surface area contributed by atoms with Gasteiger partial charge in [-0.1, -0.05) is 127 Å². The molecule has 1 aliphatic rings. The third-order valence-corrected chi connectivity index (χ3v) is 30.2. The SMILES string of the molecule is Cc1cc(O)c([Si](C(C)C)(C(C)C)C(C)C)c(CSC2(SCc3cc(C)cc(O)c3[Si](C(C)C)(C(C)C)C(C)C)CCCCCCC2)c1. The van der Waals surface area contributed by atoms with Gasteiger partial charge in [0.25, 0.3) is 0 Å². The van der Waals surface area contributed by atoms with Crippen molar-refractivity contribution in [1.29, 1.82) is 0 Å². The predicted molar refractivity (Wildman–Crippen MR) is 225 cm³/mol. The minimum Gasteiger partial charge on any atom is -0.508 e. The van der Waals surface area contributed by atoms with E-state index in [0.717, 1.165) is 11.5 Å². The van der Waals surface area contributed by atoms with Crippen LogP contribution in [0, 0.1) is 13.8 Å². The fourth-order valence-corrected chi connectivity index (χ4v) is 28.2. The van der Waals surface area contributed by atoms with Crippen LogP contribution >= 0.6 is 23.5 Å². The molecule has 0 saturated heterocycles. The van der Waals surface area contributed by atoms with Gasteiger partial charge in [0, 0.05) is 11.5 Å². The van der Waals surface area contributed by atoms with E-state index in [4.69, 9.17) is 0 Å². The van der Waals surface area contributed by atoms with E-state index in [-0.39, 0.29) is 4.08 Å². The van der Waals surface area contributed by atoms with Crippen molar-refractivity contribution in [3.8, 4) is 11.5 Å². The first-order valence-corrected chi connectivity index (χ1v) is 25.8. The standard InChI is InChI=1S/C42H72O2S2Si2/c1-28(2)47(29(3)4,30(5)6)40-36(22-34(13)24-38(40)43)26-45-42(20-18-16-15-17-19-21-42)46-27-37-23-35(14)25-39(44)41(37)48(31(7)8,32(9)10)33(11)12/h22-25,28-33,43-44H,15-21,26-27H2,1-14H3. The third-order valence-electron chi connectivity index (χ3n) is 12.4. The Labute approximate surface area is 307 Å². The zero-order valence-electron chi connectivity index (χ0n) is 33.3. The van der Waals surface area contributed by atoms with Crippen molar-refractivity contribution in [3.05, 3.63) is 46.5 Å². The van der Waals surface area contributed by atoms with E-state index in [0.29, 0.717) is 44.7 Å². The summed E-state index contributed by atoms with van der Waals surface area (Å²) in [6, 6.07) is 8.92. The second kappa shape index (κ2) is 17.1. The third kappa shape index (κ3) is 8.28. The molecule has 0 amide bonds. The Morgan fingerprint density at radius 1 is 0.521 bits per heavy atom. The number of benzene rings is 2. The van der Waals surface area contributed by atoms with Gasteiger partial charge in [-0.05, 0) is 105 Å². The highest BCUT2D eigenvalue weighted by atomic mass is 32.2. The number of aryl methyl sites for hydroxylation is 2. The van der Waals surface area contributed by atoms with Gasteiger partial charge in [0.2, 0.25) is 0 Å². The molecular formula is C42H72O2S2Si2. The Balaban J connectivity index is 2.15. The Hall–Kier alpha value is -0.826. The molecule has 272 valence electrons. The first-order valence-electron chi connectivity index (χ1n) is 19.3. The average molecular weight is 729 g/mol. The molecule has 0 bridgehead atoms. The van der Waals surface area contributed by atoms with Crippen LogP contribution in [0.5, 0.6) is 11.5 Å². The second-order valence-electron chi connectivity index (χ2n) is 17.2. The normalized spacial score (nSPS) is 16.5. The van der Waals surface area contributed by atoms with Gasteiger partial charge < -0.3 is 10.2 Å². The van der Waals surface area contributed by atoms with Crippen LogP contribution in [0.3, 0.4) is 0 Å². The average Bonchev–Trinajstić information content (AvgIpc) is 2.94. The van der Waals surface area contributed by atoms with E-state index in [2.05, 4.69) is 133 Å². The van der Waals surface area contributed by atoms with E-state index < -0.39 is 16.1 Å². The topological polar surface area (TPSA) is 40.5 Å². The Kier molecular flexibility index (Phi) is 14.8. The maximum atomic E-state index is 11.8. The maximum Gasteiger partial charge on any atom is 0.115 e. The van der Waals surface area contributed by atoms with Crippen LogP contribution in [0.25, 0.3) is 0 Å². The number of phenolic OH excluding ortho intramolecular Hbond substituents is 2. The minimum absolute atomic E-state index is 0.114. The monoisotopic (exact) mass is 728 g/mol. The second-order valence-corrected chi connectivity index (χ2v) is 31.8. The molecular weight excluding hydrogens is 657 g/mol. The largest absolute Gasteiger partial charge is 0.508 e. The van der Waals surface area contributed by atoms with E-state index in [1.807, 2.05) is 12.1 Å². The van der Waals surface area contributed by atoms with Crippen LogP contribution in [0.1, 0.15) is 150 Å². The first-order chi connectivity index (χ1) is 22.4. The number of aromatic hydroxyl groups is 2. The maximum absolute atomic E-state index is 11.8. The van der Waals surface area contributed by atoms with E-state index in [1.54, 1.807) is 0 Å². The van der Waals surface area contributed by atoms with Crippen LogP contribution in [0.15, 0.2) is 24.3 Å². The van der Waals surface area contributed by atoms with Crippen molar-refractivity contribution >= 4 is 50.0 Å². The number of phenols is 2. The van der Waals surface area contributed by atoms with Gasteiger partial charge in [0.05, 0.1) is 20.2 Å². The summed E-state index contributed by atoms with van der Waals surface area (Å²) in [6.07, 6.45) is 9.02. The molecule has 1 saturated carbocycles. The van der Waals surface area contributed by atoms with Crippen LogP contribution in [-0.4, -0.2) is 30.4 Å². The van der Waals surface area contributed by atoms with Crippen molar-refractivity contribution < 1.29 is 10.2 Å². The summed E-state index contributed by atoms with van der Waals surface area (Å²) in [7, 11) is -4.17.